The molecule has 1 aliphatic carbocycles. The number of imide groups is 1. The van der Waals surface area contributed by atoms with E-state index in [1.807, 2.05) is 6.92 Å². The molecule has 0 atom stereocenters. The first-order chi connectivity index (χ1) is 11.1. The number of hydrogen-bond donors (Lipinski definition) is 2. The molecule has 2 aromatic rings. The lowest BCUT2D eigenvalue weighted by atomic mass is 10.2. The van der Waals surface area contributed by atoms with Crippen LogP contribution in [-0.2, 0) is 17.6 Å². The van der Waals surface area contributed by atoms with Crippen molar-refractivity contribution in [2.24, 2.45) is 0 Å². The average molecular weight is 350 g/mol. The van der Waals surface area contributed by atoms with Crippen molar-refractivity contribution in [3.8, 4) is 0 Å². The maximum atomic E-state index is 11.9. The van der Waals surface area contributed by atoms with Crippen molar-refractivity contribution in [3.05, 3.63) is 16.3 Å². The average Bonchev–Trinajstić information content (AvgIpc) is 3.04. The predicted octanol–water partition coefficient (Wildman–Crippen LogP) is 2.43. The number of amides is 3. The van der Waals surface area contributed by atoms with E-state index in [0.29, 0.717) is 12.4 Å². The molecule has 1 aliphatic rings. The molecular formula is C15H18N4O2S2. The van der Waals surface area contributed by atoms with Crippen LogP contribution in [0.1, 0.15) is 29.6 Å². The number of nitrogens with zero attached hydrogens (tertiary/aromatic N) is 2. The van der Waals surface area contributed by atoms with Gasteiger partial charge in [-0.15, -0.1) is 11.3 Å². The first-order valence-corrected chi connectivity index (χ1v) is 9.38. The van der Waals surface area contributed by atoms with Gasteiger partial charge in [-0.05, 0) is 38.7 Å². The second kappa shape index (κ2) is 6.84. The summed E-state index contributed by atoms with van der Waals surface area (Å²) >= 11 is 3.10. The molecule has 0 unspecified atom stereocenters. The highest BCUT2D eigenvalue weighted by molar-refractivity contribution is 8.00. The van der Waals surface area contributed by atoms with Crippen LogP contribution in [0.2, 0.25) is 0 Å². The number of aromatic nitrogens is 2. The van der Waals surface area contributed by atoms with Gasteiger partial charge >= 0.3 is 6.03 Å². The fourth-order valence-electron chi connectivity index (χ4n) is 2.67. The summed E-state index contributed by atoms with van der Waals surface area (Å²) in [5.74, 6) is 0.550. The summed E-state index contributed by atoms with van der Waals surface area (Å²) in [6.45, 7) is 4.15. The molecule has 8 heteroatoms. The van der Waals surface area contributed by atoms with E-state index in [0.717, 1.165) is 28.1 Å². The first-order valence-electron chi connectivity index (χ1n) is 7.58. The number of carbonyl (C=O) groups is 2. The molecule has 6 nitrogen and oxygen atoms in total. The Morgan fingerprint density at radius 1 is 1.30 bits per heavy atom. The number of urea groups is 1. The molecule has 3 rings (SSSR count). The third kappa shape index (κ3) is 3.48. The largest absolute Gasteiger partial charge is 0.338 e. The van der Waals surface area contributed by atoms with Crippen LogP contribution in [0, 0.1) is 6.92 Å². The van der Waals surface area contributed by atoms with Crippen LogP contribution in [-0.4, -0.2) is 34.2 Å². The molecule has 23 heavy (non-hydrogen) atoms. The topological polar surface area (TPSA) is 84.0 Å². The first kappa shape index (κ1) is 16.2. The maximum Gasteiger partial charge on any atom is 0.321 e. The number of aryl methyl sites for hydroxylation is 3. The number of thiophene rings is 1. The summed E-state index contributed by atoms with van der Waals surface area (Å²) in [7, 11) is 0. The zero-order valence-corrected chi connectivity index (χ0v) is 14.7. The van der Waals surface area contributed by atoms with Crippen molar-refractivity contribution >= 4 is 45.3 Å². The van der Waals surface area contributed by atoms with Gasteiger partial charge in [0.25, 0.3) is 0 Å². The van der Waals surface area contributed by atoms with E-state index in [4.69, 9.17) is 0 Å². The molecule has 2 heterocycles. The molecule has 0 radical (unpaired) electrons. The van der Waals surface area contributed by atoms with Gasteiger partial charge in [0, 0.05) is 16.8 Å². The van der Waals surface area contributed by atoms with Gasteiger partial charge in [-0.1, -0.05) is 11.8 Å². The van der Waals surface area contributed by atoms with Crippen LogP contribution in [0.5, 0.6) is 0 Å². The molecule has 122 valence electrons. The predicted molar refractivity (Wildman–Crippen MR) is 92.1 cm³/mol. The zero-order chi connectivity index (χ0) is 16.4. The van der Waals surface area contributed by atoms with Crippen LogP contribution in [0.25, 0.3) is 10.2 Å². The van der Waals surface area contributed by atoms with Gasteiger partial charge < -0.3 is 5.32 Å². The number of nitrogens with one attached hydrogen (secondary N) is 2. The molecule has 0 aromatic carbocycles. The van der Waals surface area contributed by atoms with Crippen molar-refractivity contribution in [2.75, 3.05) is 12.3 Å². The second-order valence-corrected chi connectivity index (χ2v) is 7.36. The number of thioether (sulfide) groups is 1. The van der Waals surface area contributed by atoms with Crippen molar-refractivity contribution in [1.82, 2.24) is 20.6 Å². The molecule has 3 amide bonds. The highest BCUT2D eigenvalue weighted by Crippen LogP contribution is 2.40. The summed E-state index contributed by atoms with van der Waals surface area (Å²) in [5, 5.41) is 6.79. The van der Waals surface area contributed by atoms with Gasteiger partial charge in [0.2, 0.25) is 5.91 Å². The van der Waals surface area contributed by atoms with E-state index in [9.17, 15) is 9.59 Å². The van der Waals surface area contributed by atoms with Gasteiger partial charge in [-0.3, -0.25) is 10.1 Å². The summed E-state index contributed by atoms with van der Waals surface area (Å²) in [4.78, 5) is 34.7. The van der Waals surface area contributed by atoms with Crippen molar-refractivity contribution in [3.63, 3.8) is 0 Å². The smallest absolute Gasteiger partial charge is 0.321 e. The Hall–Kier alpha value is -1.67. The molecule has 2 aromatic heterocycles. The van der Waals surface area contributed by atoms with Crippen LogP contribution in [0.15, 0.2) is 5.03 Å². The molecule has 0 bridgehead atoms. The summed E-state index contributed by atoms with van der Waals surface area (Å²) in [6, 6.07) is -0.460. The van der Waals surface area contributed by atoms with E-state index in [1.54, 1.807) is 18.3 Å². The van der Waals surface area contributed by atoms with Crippen LogP contribution < -0.4 is 10.6 Å². The van der Waals surface area contributed by atoms with Crippen LogP contribution >= 0.6 is 23.1 Å². The SMILES string of the molecule is CCNC(=O)NC(=O)CSc1nc(C)nc2sc3c(c12)CCC3. The third-order valence-electron chi connectivity index (χ3n) is 3.57. The molecule has 0 spiro atoms. The molecule has 0 saturated carbocycles. The molecule has 0 aliphatic heterocycles. The van der Waals surface area contributed by atoms with Gasteiger partial charge in [0.15, 0.2) is 0 Å². The summed E-state index contributed by atoms with van der Waals surface area (Å²) < 4.78 is 0. The Labute approximate surface area is 142 Å². The van der Waals surface area contributed by atoms with Crippen LogP contribution in [0.3, 0.4) is 0 Å². The molecule has 2 N–H and O–H groups in total. The number of hydrogen-bond acceptors (Lipinski definition) is 6. The highest BCUT2D eigenvalue weighted by Gasteiger charge is 2.22. The van der Waals surface area contributed by atoms with Gasteiger partial charge in [-0.25, -0.2) is 14.8 Å². The van der Waals surface area contributed by atoms with Crippen molar-refractivity contribution in [1.29, 1.82) is 0 Å². The van der Waals surface area contributed by atoms with E-state index in [1.165, 1.54) is 28.6 Å². The van der Waals surface area contributed by atoms with E-state index in [-0.39, 0.29) is 11.7 Å². The minimum absolute atomic E-state index is 0.160. The van der Waals surface area contributed by atoms with Crippen LogP contribution in [0.4, 0.5) is 4.79 Å². The Morgan fingerprint density at radius 2 is 2.13 bits per heavy atom. The fourth-order valence-corrected chi connectivity index (χ4v) is 4.94. The van der Waals surface area contributed by atoms with E-state index >= 15 is 0 Å². The Morgan fingerprint density at radius 3 is 2.91 bits per heavy atom. The fraction of sp³-hybridized carbons (Fsp3) is 0.467. The van der Waals surface area contributed by atoms with E-state index < -0.39 is 6.03 Å². The number of rotatable bonds is 4. The standard InChI is InChI=1S/C15H18N4O2S2/c1-3-16-15(21)19-11(20)7-22-13-12-9-5-4-6-10(9)23-14(12)18-8(2)17-13/h3-7H2,1-2H3,(H2,16,19,20,21). The monoisotopic (exact) mass is 350 g/mol. The third-order valence-corrected chi connectivity index (χ3v) is 5.73. The molecule has 0 fully saturated rings. The Kier molecular flexibility index (Phi) is 4.82. The van der Waals surface area contributed by atoms with Gasteiger partial charge in [0.05, 0.1) is 5.75 Å². The highest BCUT2D eigenvalue weighted by atomic mass is 32.2. The quantitative estimate of drug-likeness (QED) is 0.653. The zero-order valence-electron chi connectivity index (χ0n) is 13.1. The summed E-state index contributed by atoms with van der Waals surface area (Å²) in [5.41, 5.74) is 1.34. The van der Waals surface area contributed by atoms with Gasteiger partial charge in [-0.2, -0.15) is 0 Å². The maximum absolute atomic E-state index is 11.9. The normalized spacial score (nSPS) is 13.1. The number of fused-ring (bicyclic) bond motifs is 3. The lowest BCUT2D eigenvalue weighted by Crippen LogP contribution is -2.40. The lowest BCUT2D eigenvalue weighted by molar-refractivity contribution is -0.117. The minimum atomic E-state index is -0.460. The molecular weight excluding hydrogens is 332 g/mol. The summed E-state index contributed by atoms with van der Waals surface area (Å²) in [6.07, 6.45) is 3.34. The van der Waals surface area contributed by atoms with Crippen molar-refractivity contribution in [2.45, 2.75) is 38.1 Å². The minimum Gasteiger partial charge on any atom is -0.338 e. The second-order valence-electron chi connectivity index (χ2n) is 5.31. The lowest BCUT2D eigenvalue weighted by Gasteiger charge is -2.06. The Bertz CT molecular complexity index is 772. The molecule has 0 saturated heterocycles. The van der Waals surface area contributed by atoms with Gasteiger partial charge in [0.1, 0.15) is 15.7 Å². The Balaban J connectivity index is 1.77. The van der Waals surface area contributed by atoms with Crippen molar-refractivity contribution < 1.29 is 9.59 Å². The number of carbonyl (C=O) groups excluding carboxylic acids is 2. The van der Waals surface area contributed by atoms with E-state index in [2.05, 4.69) is 20.6 Å².